The zero-order valence-electron chi connectivity index (χ0n) is 23.5. The summed E-state index contributed by atoms with van der Waals surface area (Å²) in [6.07, 6.45) is 16.9. The standard InChI is InChI=1S/C33H34Br2N2O4/c1-6-8-10-12-23(3)16-18-36(5)33(41)31-28(34)15-14-25-26(20-29(35)27(21-38)30(25)31)32(40)37(22-39)19-17-24(4)13-11-9-7-2/h6-15,20-22H,1,4,16-19H2,2-3,5H3/b9-7-,10-8-,13-11-,23-12+. The van der Waals surface area contributed by atoms with Crippen molar-refractivity contribution in [2.45, 2.75) is 26.7 Å². The van der Waals surface area contributed by atoms with E-state index in [-0.39, 0.29) is 29.1 Å². The number of benzene rings is 2. The molecule has 0 atom stereocenters. The van der Waals surface area contributed by atoms with Crippen LogP contribution in [-0.2, 0) is 4.79 Å². The molecule has 0 radical (unpaired) electrons. The van der Waals surface area contributed by atoms with Crippen molar-refractivity contribution in [2.75, 3.05) is 20.1 Å². The minimum absolute atomic E-state index is 0.121. The molecule has 0 aliphatic rings. The van der Waals surface area contributed by atoms with Gasteiger partial charge in [-0.2, -0.15) is 0 Å². The van der Waals surface area contributed by atoms with E-state index in [0.717, 1.165) is 16.0 Å². The van der Waals surface area contributed by atoms with Crippen LogP contribution in [0.3, 0.4) is 0 Å². The molecule has 6 nitrogen and oxygen atoms in total. The summed E-state index contributed by atoms with van der Waals surface area (Å²) in [4.78, 5) is 54.2. The smallest absolute Gasteiger partial charge is 0.260 e. The molecule has 0 aliphatic carbocycles. The van der Waals surface area contributed by atoms with Crippen LogP contribution in [-0.4, -0.2) is 54.4 Å². The number of fused-ring (bicyclic) bond motifs is 1. The first-order chi connectivity index (χ1) is 19.6. The fourth-order valence-electron chi connectivity index (χ4n) is 4.01. The molecule has 0 N–H and O–H groups in total. The number of amides is 3. The van der Waals surface area contributed by atoms with Gasteiger partial charge in [0.05, 0.1) is 5.56 Å². The average Bonchev–Trinajstić information content (AvgIpc) is 2.95. The van der Waals surface area contributed by atoms with Crippen LogP contribution in [0.15, 0.2) is 100 Å². The van der Waals surface area contributed by atoms with Crippen molar-refractivity contribution in [3.63, 3.8) is 0 Å². The molecule has 0 fully saturated rings. The van der Waals surface area contributed by atoms with Gasteiger partial charge in [0, 0.05) is 45.6 Å². The summed E-state index contributed by atoms with van der Waals surface area (Å²) in [7, 11) is 1.69. The van der Waals surface area contributed by atoms with Crippen molar-refractivity contribution >= 4 is 67.1 Å². The van der Waals surface area contributed by atoms with Crippen molar-refractivity contribution in [3.8, 4) is 0 Å². The van der Waals surface area contributed by atoms with E-state index in [9.17, 15) is 19.2 Å². The SMILES string of the molecule is C=C/C=C\C=C(/C)CCN(C)C(=O)c1c(Br)ccc2c(C(=O)N(C=O)CCC(=C)/C=C\C=C/C)cc(Br)c(C=O)c12. The lowest BCUT2D eigenvalue weighted by molar-refractivity contribution is -0.115. The van der Waals surface area contributed by atoms with Crippen molar-refractivity contribution < 1.29 is 19.2 Å². The summed E-state index contributed by atoms with van der Waals surface area (Å²) in [6, 6.07) is 4.86. The van der Waals surface area contributed by atoms with Crippen molar-refractivity contribution in [2.24, 2.45) is 0 Å². The molecule has 0 saturated carbocycles. The van der Waals surface area contributed by atoms with Gasteiger partial charge in [-0.1, -0.05) is 94.9 Å². The highest BCUT2D eigenvalue weighted by atomic mass is 79.9. The maximum Gasteiger partial charge on any atom is 0.260 e. The van der Waals surface area contributed by atoms with E-state index in [1.54, 1.807) is 30.2 Å². The maximum absolute atomic E-state index is 13.7. The van der Waals surface area contributed by atoms with E-state index in [0.29, 0.717) is 51.8 Å². The molecule has 0 heterocycles. The second-order valence-corrected chi connectivity index (χ2v) is 11.0. The van der Waals surface area contributed by atoms with Crippen LogP contribution < -0.4 is 0 Å². The number of imide groups is 1. The number of rotatable bonds is 14. The van der Waals surface area contributed by atoms with Crippen LogP contribution in [0.5, 0.6) is 0 Å². The molecule has 2 aromatic rings. The molecule has 41 heavy (non-hydrogen) atoms. The molecule has 2 rings (SSSR count). The number of allylic oxidation sites excluding steroid dienone is 8. The molecule has 0 saturated heterocycles. The first-order valence-corrected chi connectivity index (χ1v) is 14.5. The Bertz CT molecular complexity index is 1470. The van der Waals surface area contributed by atoms with Gasteiger partial charge >= 0.3 is 0 Å². The zero-order valence-corrected chi connectivity index (χ0v) is 26.7. The predicted octanol–water partition coefficient (Wildman–Crippen LogP) is 8.01. The number of nitrogens with zero attached hydrogens (tertiary/aromatic N) is 2. The van der Waals surface area contributed by atoms with Crippen LogP contribution in [0.25, 0.3) is 10.8 Å². The minimum Gasteiger partial charge on any atom is -0.341 e. The zero-order chi connectivity index (χ0) is 30.5. The van der Waals surface area contributed by atoms with Gasteiger partial charge in [-0.3, -0.25) is 24.1 Å². The van der Waals surface area contributed by atoms with E-state index in [4.69, 9.17) is 0 Å². The molecule has 3 amide bonds. The maximum atomic E-state index is 13.7. The monoisotopic (exact) mass is 680 g/mol. The summed E-state index contributed by atoms with van der Waals surface area (Å²) in [5.41, 5.74) is 2.53. The van der Waals surface area contributed by atoms with Gasteiger partial charge in [0.2, 0.25) is 6.41 Å². The van der Waals surface area contributed by atoms with E-state index in [1.165, 1.54) is 6.07 Å². The quantitative estimate of drug-likeness (QED) is 0.150. The topological polar surface area (TPSA) is 74.8 Å². The van der Waals surface area contributed by atoms with Crippen LogP contribution in [0.1, 0.15) is 57.8 Å². The number of carbonyl (C=O) groups is 4. The van der Waals surface area contributed by atoms with Crippen LogP contribution in [0.4, 0.5) is 0 Å². The largest absolute Gasteiger partial charge is 0.341 e. The van der Waals surface area contributed by atoms with Gasteiger partial charge in [0.25, 0.3) is 11.8 Å². The van der Waals surface area contributed by atoms with Crippen molar-refractivity contribution in [1.29, 1.82) is 0 Å². The fraction of sp³-hybridized carbons (Fsp3) is 0.212. The summed E-state index contributed by atoms with van der Waals surface area (Å²) in [5, 5.41) is 0.721. The number of halogens is 2. The molecule has 214 valence electrons. The Balaban J connectivity index is 2.52. The normalized spacial score (nSPS) is 11.9. The molecule has 0 unspecified atom stereocenters. The third-order valence-corrected chi connectivity index (χ3v) is 7.64. The Hall–Kier alpha value is -3.62. The summed E-state index contributed by atoms with van der Waals surface area (Å²) >= 11 is 6.89. The predicted molar refractivity (Wildman–Crippen MR) is 174 cm³/mol. The molecule has 0 aromatic heterocycles. The van der Waals surface area contributed by atoms with Gasteiger partial charge < -0.3 is 4.90 Å². The van der Waals surface area contributed by atoms with E-state index >= 15 is 0 Å². The third-order valence-electron chi connectivity index (χ3n) is 6.32. The lowest BCUT2D eigenvalue weighted by atomic mass is 9.94. The lowest BCUT2D eigenvalue weighted by Gasteiger charge is -2.22. The molecular weight excluding hydrogens is 648 g/mol. The van der Waals surface area contributed by atoms with E-state index in [1.807, 2.05) is 56.4 Å². The van der Waals surface area contributed by atoms with Gasteiger partial charge in [-0.05, 0) is 60.1 Å². The highest BCUT2D eigenvalue weighted by Gasteiger charge is 2.26. The average molecular weight is 682 g/mol. The van der Waals surface area contributed by atoms with Gasteiger partial charge in [0.15, 0.2) is 6.29 Å². The first-order valence-electron chi connectivity index (χ1n) is 12.9. The Morgan fingerprint density at radius 3 is 2.34 bits per heavy atom. The number of hydrogen-bond donors (Lipinski definition) is 0. The van der Waals surface area contributed by atoms with Gasteiger partial charge in [-0.25, -0.2) is 0 Å². The van der Waals surface area contributed by atoms with E-state index < -0.39 is 5.91 Å². The van der Waals surface area contributed by atoms with Crippen molar-refractivity contribution in [3.05, 3.63) is 117 Å². The Morgan fingerprint density at radius 1 is 0.976 bits per heavy atom. The van der Waals surface area contributed by atoms with E-state index in [2.05, 4.69) is 45.0 Å². The highest BCUT2D eigenvalue weighted by molar-refractivity contribution is 9.10. The fourth-order valence-corrected chi connectivity index (χ4v) is 5.03. The van der Waals surface area contributed by atoms with Gasteiger partial charge in [-0.15, -0.1) is 0 Å². The highest BCUT2D eigenvalue weighted by Crippen LogP contribution is 2.36. The molecule has 0 spiro atoms. The molecule has 0 aliphatic heterocycles. The molecule has 0 bridgehead atoms. The van der Waals surface area contributed by atoms with Gasteiger partial charge in [0.1, 0.15) is 0 Å². The number of carbonyl (C=O) groups excluding carboxylic acids is 4. The Kier molecular flexibility index (Phi) is 13.6. The summed E-state index contributed by atoms with van der Waals surface area (Å²) in [5.74, 6) is -0.858. The second-order valence-electron chi connectivity index (χ2n) is 9.29. The van der Waals surface area contributed by atoms with Crippen molar-refractivity contribution in [1.82, 2.24) is 9.80 Å². The Morgan fingerprint density at radius 2 is 1.71 bits per heavy atom. The third kappa shape index (κ3) is 8.93. The van der Waals surface area contributed by atoms with Crippen LogP contribution >= 0.6 is 31.9 Å². The molecule has 2 aromatic carbocycles. The molecule has 8 heteroatoms. The number of hydrogen-bond acceptors (Lipinski definition) is 4. The Labute approximate surface area is 258 Å². The minimum atomic E-state index is -0.546. The number of aldehydes is 1. The summed E-state index contributed by atoms with van der Waals surface area (Å²) < 4.78 is 0.828. The van der Waals surface area contributed by atoms with Crippen LogP contribution in [0.2, 0.25) is 0 Å². The lowest BCUT2D eigenvalue weighted by Crippen LogP contribution is -2.31. The van der Waals surface area contributed by atoms with Crippen LogP contribution in [0, 0.1) is 0 Å². The second kappa shape index (κ2) is 16.6. The molecular formula is C33H34Br2N2O4. The first kappa shape index (κ1) is 33.6. The summed E-state index contributed by atoms with van der Waals surface area (Å²) in [6.45, 7) is 12.1.